The summed E-state index contributed by atoms with van der Waals surface area (Å²) in [6.07, 6.45) is 6.88. The Morgan fingerprint density at radius 1 is 0.524 bits per heavy atom. The zero-order valence-corrected chi connectivity index (χ0v) is 37.7. The highest BCUT2D eigenvalue weighted by molar-refractivity contribution is 7.00. The molecule has 0 bridgehead atoms. The lowest BCUT2D eigenvalue weighted by Gasteiger charge is -2.54. The molecule has 1 saturated carbocycles. The van der Waals surface area contributed by atoms with Gasteiger partial charge in [0.05, 0.1) is 11.1 Å². The van der Waals surface area contributed by atoms with Gasteiger partial charge in [0.25, 0.3) is 6.71 Å². The quantitative estimate of drug-likeness (QED) is 0.164. The number of aryl methyl sites for hydroxylation is 1. The van der Waals surface area contributed by atoms with Crippen LogP contribution in [0, 0.1) is 0 Å². The van der Waals surface area contributed by atoms with E-state index in [1.807, 2.05) is 0 Å². The summed E-state index contributed by atoms with van der Waals surface area (Å²) >= 11 is 0. The Labute approximate surface area is 374 Å². The van der Waals surface area contributed by atoms with Crippen LogP contribution in [-0.4, -0.2) is 12.3 Å². The van der Waals surface area contributed by atoms with Gasteiger partial charge in [0, 0.05) is 50.6 Å². The monoisotopic (exact) mass is 817 g/mol. The van der Waals surface area contributed by atoms with E-state index in [0.29, 0.717) is 0 Å². The minimum atomic E-state index is -0.327. The average Bonchev–Trinajstić information content (AvgIpc) is 3.68. The molecule has 4 heteroatoms. The van der Waals surface area contributed by atoms with Gasteiger partial charge in [-0.3, -0.25) is 0 Å². The molecule has 1 fully saturated rings. The van der Waals surface area contributed by atoms with Crippen LogP contribution >= 0.6 is 0 Å². The maximum absolute atomic E-state index is 2.90. The lowest BCUT2D eigenvalue weighted by molar-refractivity contribution is 0.215. The first-order valence-corrected chi connectivity index (χ1v) is 23.7. The molecule has 310 valence electrons. The second-order valence-electron chi connectivity index (χ2n) is 21.3. The molecule has 4 unspecified atom stereocenters. The van der Waals surface area contributed by atoms with Crippen LogP contribution in [-0.2, 0) is 28.2 Å². The molecule has 0 radical (unpaired) electrons. The molecule has 0 spiro atoms. The summed E-state index contributed by atoms with van der Waals surface area (Å²) in [4.78, 5) is 8.33. The van der Waals surface area contributed by atoms with E-state index in [2.05, 4.69) is 214 Å². The van der Waals surface area contributed by atoms with Crippen LogP contribution in [0.25, 0.3) is 0 Å². The second kappa shape index (κ2) is 12.6. The van der Waals surface area contributed by atoms with Gasteiger partial charge >= 0.3 is 0 Å². The molecule has 7 aromatic rings. The van der Waals surface area contributed by atoms with Crippen LogP contribution in [0.2, 0.25) is 0 Å². The van der Waals surface area contributed by atoms with E-state index in [9.17, 15) is 0 Å². The number of anilines is 7. The van der Waals surface area contributed by atoms with Crippen molar-refractivity contribution in [3.63, 3.8) is 0 Å². The van der Waals surface area contributed by atoms with Crippen LogP contribution in [0.5, 0.6) is 0 Å². The highest BCUT2D eigenvalue weighted by atomic mass is 15.3. The largest absolute Gasteiger partial charge is 0.334 e. The van der Waals surface area contributed by atoms with Crippen molar-refractivity contribution in [2.75, 3.05) is 14.7 Å². The molecule has 0 aromatic heterocycles. The number of nitrogens with zero attached hydrogens (tertiary/aromatic N) is 3. The van der Waals surface area contributed by atoms with Gasteiger partial charge in [0.1, 0.15) is 0 Å². The van der Waals surface area contributed by atoms with E-state index >= 15 is 0 Å². The van der Waals surface area contributed by atoms with Gasteiger partial charge in [-0.1, -0.05) is 162 Å². The Hall–Kier alpha value is -6.00. The van der Waals surface area contributed by atoms with Crippen molar-refractivity contribution >= 4 is 62.9 Å². The van der Waals surface area contributed by atoms with Crippen molar-refractivity contribution < 1.29 is 0 Å². The molecule has 4 atom stereocenters. The fourth-order valence-corrected chi connectivity index (χ4v) is 14.4. The van der Waals surface area contributed by atoms with Crippen LogP contribution in [0.3, 0.4) is 0 Å². The Bertz CT molecular complexity index is 3040. The van der Waals surface area contributed by atoms with Gasteiger partial charge in [-0.2, -0.15) is 0 Å². The summed E-state index contributed by atoms with van der Waals surface area (Å²) in [6, 6.07) is 61.4. The van der Waals surface area contributed by atoms with Gasteiger partial charge in [-0.15, -0.1) is 0 Å². The number of para-hydroxylation sites is 3. The Kier molecular flexibility index (Phi) is 7.50. The summed E-state index contributed by atoms with van der Waals surface area (Å²) in [5.41, 5.74) is 21.5. The van der Waals surface area contributed by atoms with Crippen LogP contribution < -0.4 is 31.1 Å². The maximum atomic E-state index is 2.90. The molecule has 3 nitrogen and oxygen atoms in total. The number of fused-ring (bicyclic) bond motifs is 12. The normalized spacial score (nSPS) is 25.7. The molecular formula is C59H56BN3. The molecule has 0 saturated heterocycles. The van der Waals surface area contributed by atoms with E-state index in [1.54, 1.807) is 0 Å². The Morgan fingerprint density at radius 2 is 1.17 bits per heavy atom. The van der Waals surface area contributed by atoms with Crippen molar-refractivity contribution in [3.05, 3.63) is 191 Å². The van der Waals surface area contributed by atoms with Gasteiger partial charge in [0.2, 0.25) is 0 Å². The first-order valence-electron chi connectivity index (χ1n) is 23.7. The van der Waals surface area contributed by atoms with Crippen molar-refractivity contribution in [2.45, 2.75) is 107 Å². The third-order valence-electron chi connectivity index (χ3n) is 17.5. The first-order chi connectivity index (χ1) is 30.5. The number of hydrogen-bond donors (Lipinski definition) is 0. The topological polar surface area (TPSA) is 9.72 Å². The fraction of sp³-hybridized carbons (Fsp3) is 0.288. The summed E-state index contributed by atoms with van der Waals surface area (Å²) in [5, 5.41) is 0. The Balaban J connectivity index is 1.18. The lowest BCUT2D eigenvalue weighted by Crippen LogP contribution is -2.64. The van der Waals surface area contributed by atoms with E-state index in [1.165, 1.54) is 102 Å². The van der Waals surface area contributed by atoms with E-state index < -0.39 is 0 Å². The number of benzene rings is 7. The van der Waals surface area contributed by atoms with E-state index in [0.717, 1.165) is 25.7 Å². The predicted molar refractivity (Wildman–Crippen MR) is 265 cm³/mol. The standard InChI is InChI=1S/C59H56BN3/c1-55(2,3)41-35-46-54-48(36-41)60-47-28-16-18-30-50(47)61(42-24-11-8-12-25-42)51-37-43(38-52(53(51)60)63(54)58(6)44-26-14-13-21-39(44)31-34-56(46,58)4)62-49-29-17-15-27-45(49)59(40-22-9-7-10-23-40)33-20-19-32-57(59,62)5/h7-18,21-30,35-38H,19-20,31-34H2,1-6H3. The molecule has 63 heavy (non-hydrogen) atoms. The highest BCUT2D eigenvalue weighted by Gasteiger charge is 2.65. The van der Waals surface area contributed by atoms with Crippen LogP contribution in [0.15, 0.2) is 158 Å². The Morgan fingerprint density at radius 3 is 1.95 bits per heavy atom. The van der Waals surface area contributed by atoms with Gasteiger partial charge in [-0.25, -0.2) is 0 Å². The highest BCUT2D eigenvalue weighted by Crippen LogP contribution is 2.67. The third kappa shape index (κ3) is 4.52. The van der Waals surface area contributed by atoms with Crippen LogP contribution in [0.4, 0.5) is 39.8 Å². The van der Waals surface area contributed by atoms with E-state index in [4.69, 9.17) is 0 Å². The van der Waals surface area contributed by atoms with Crippen molar-refractivity contribution in [1.82, 2.24) is 0 Å². The summed E-state index contributed by atoms with van der Waals surface area (Å²) < 4.78 is 0. The second-order valence-corrected chi connectivity index (χ2v) is 21.3. The first kappa shape index (κ1) is 37.5. The summed E-state index contributed by atoms with van der Waals surface area (Å²) in [6.45, 7) is 15.1. The molecule has 7 aromatic carbocycles. The molecular weight excluding hydrogens is 761 g/mol. The zero-order valence-electron chi connectivity index (χ0n) is 37.7. The smallest absolute Gasteiger partial charge is 0.252 e. The zero-order chi connectivity index (χ0) is 42.7. The molecule has 4 aliphatic heterocycles. The summed E-state index contributed by atoms with van der Waals surface area (Å²) in [5.74, 6) is 0. The van der Waals surface area contributed by atoms with Crippen molar-refractivity contribution in [3.8, 4) is 0 Å². The number of rotatable bonds is 3. The molecule has 0 N–H and O–H groups in total. The molecule has 0 amide bonds. The molecule has 4 heterocycles. The molecule has 2 aliphatic carbocycles. The average molecular weight is 818 g/mol. The van der Waals surface area contributed by atoms with Gasteiger partial charge in [-0.05, 0) is 131 Å². The minimum absolute atomic E-state index is 0.0145. The fourth-order valence-electron chi connectivity index (χ4n) is 14.4. The maximum Gasteiger partial charge on any atom is 0.252 e. The van der Waals surface area contributed by atoms with Gasteiger partial charge < -0.3 is 14.7 Å². The van der Waals surface area contributed by atoms with E-state index in [-0.39, 0.29) is 34.0 Å². The number of hydrogen-bond acceptors (Lipinski definition) is 3. The van der Waals surface area contributed by atoms with Gasteiger partial charge in [0.15, 0.2) is 0 Å². The van der Waals surface area contributed by atoms with Crippen LogP contribution in [0.1, 0.15) is 107 Å². The SMILES string of the molecule is CC(C)(C)c1cc2c3c(c1)C1(C)CCc4ccccc4C1(C)N3c1cc(N3c4ccccc4C4(c5ccccc5)CCCCC34C)cc3c1B2c1ccccc1N3c1ccccc1. The third-order valence-corrected chi connectivity index (χ3v) is 17.5. The van der Waals surface area contributed by atoms with Crippen molar-refractivity contribution in [2.24, 2.45) is 0 Å². The predicted octanol–water partition coefficient (Wildman–Crippen LogP) is 12.6. The molecule has 6 aliphatic rings. The minimum Gasteiger partial charge on any atom is -0.334 e. The lowest BCUT2D eigenvalue weighted by atomic mass is 9.33. The van der Waals surface area contributed by atoms with Crippen molar-refractivity contribution in [1.29, 1.82) is 0 Å². The summed E-state index contributed by atoms with van der Waals surface area (Å²) in [7, 11) is 0. The molecule has 13 rings (SSSR count).